The molecule has 0 bridgehead atoms. The fraction of sp³-hybridized carbons (Fsp3) is 0.333. The molecule has 6 rings (SSSR count). The number of nitrogens with zero attached hydrogens (tertiary/aromatic N) is 4. The summed E-state index contributed by atoms with van der Waals surface area (Å²) >= 11 is 14.2. The van der Waals surface area contributed by atoms with E-state index >= 15 is 0 Å². The lowest BCUT2D eigenvalue weighted by Gasteiger charge is -2.29. The van der Waals surface area contributed by atoms with E-state index in [0.29, 0.717) is 86.5 Å². The van der Waals surface area contributed by atoms with E-state index in [2.05, 4.69) is 15.6 Å². The number of halogens is 2. The monoisotopic (exact) mass is 814 g/mol. The Balaban J connectivity index is 1.25. The lowest BCUT2D eigenvalue weighted by molar-refractivity contribution is -0.137. The third-order valence-corrected chi connectivity index (χ3v) is 10.2. The standard InChI is InChI=1S/C42H44Cl2N6O7/c1-42(2,3)57-41(55)49(24-28-14-16-35(51)47-28)23-26-13-15-33(48-39(26)56-4)32-11-6-10-31(38(32)44)30-9-5-8-29(37(30)43)25-17-19-50-34(20-25)46-22-27(40(50)54)21-45-18-7-12-36(52)53/h5-6,8-11,13,15,17,19-20,22,28,45H,7,12,14,16,18,21,23-24H2,1-4H3,(H,47,51)(H,52,53). The SMILES string of the molecule is COc1nc(-c2cccc(-c3cccc(-c4ccn5c(=O)c(CNCCCC(=O)O)cnc5c4)c3Cl)c2Cl)ccc1CN(CC1CCC(=O)N1)C(=O)OC(C)(C)C. The zero-order valence-corrected chi connectivity index (χ0v) is 33.6. The molecule has 3 aromatic heterocycles. The molecule has 1 aliphatic rings. The number of benzene rings is 2. The maximum Gasteiger partial charge on any atom is 0.410 e. The summed E-state index contributed by atoms with van der Waals surface area (Å²) in [5, 5.41) is 15.7. The van der Waals surface area contributed by atoms with Gasteiger partial charge in [0.15, 0.2) is 0 Å². The van der Waals surface area contributed by atoms with Crippen molar-refractivity contribution in [3.8, 4) is 39.4 Å². The second kappa shape index (κ2) is 17.7. The highest BCUT2D eigenvalue weighted by Gasteiger charge is 2.29. The lowest BCUT2D eigenvalue weighted by atomic mass is 9.97. The average molecular weight is 816 g/mol. The molecule has 1 saturated heterocycles. The average Bonchev–Trinajstić information content (AvgIpc) is 3.59. The number of hydrogen-bond acceptors (Lipinski definition) is 9. The summed E-state index contributed by atoms with van der Waals surface area (Å²) < 4.78 is 12.9. The minimum Gasteiger partial charge on any atom is -0.481 e. The molecule has 0 saturated carbocycles. The van der Waals surface area contributed by atoms with Crippen LogP contribution in [0, 0.1) is 0 Å². The van der Waals surface area contributed by atoms with Gasteiger partial charge >= 0.3 is 12.1 Å². The van der Waals surface area contributed by atoms with E-state index in [1.807, 2.05) is 48.5 Å². The van der Waals surface area contributed by atoms with E-state index in [9.17, 15) is 19.2 Å². The van der Waals surface area contributed by atoms with Gasteiger partial charge in [-0.05, 0) is 70.0 Å². The smallest absolute Gasteiger partial charge is 0.410 e. The normalized spacial score (nSPS) is 14.1. The maximum absolute atomic E-state index is 13.3. The fourth-order valence-corrected chi connectivity index (χ4v) is 7.28. The second-order valence-electron chi connectivity index (χ2n) is 14.8. The number of ether oxygens (including phenoxy) is 2. The van der Waals surface area contributed by atoms with Gasteiger partial charge in [0.05, 0.1) is 29.4 Å². The van der Waals surface area contributed by atoms with E-state index in [-0.39, 0.29) is 43.6 Å². The van der Waals surface area contributed by atoms with Crippen molar-refractivity contribution < 1.29 is 29.0 Å². The summed E-state index contributed by atoms with van der Waals surface area (Å²) in [6.45, 7) is 6.55. The number of methoxy groups -OCH3 is 1. The third-order valence-electron chi connectivity index (χ3n) is 9.39. The van der Waals surface area contributed by atoms with Crippen LogP contribution in [0.5, 0.6) is 5.88 Å². The van der Waals surface area contributed by atoms with Crippen molar-refractivity contribution in [2.24, 2.45) is 0 Å². The Labute approximate surface area is 340 Å². The number of fused-ring (bicyclic) bond motifs is 1. The Morgan fingerprint density at radius 2 is 1.70 bits per heavy atom. The third kappa shape index (κ3) is 9.91. The zero-order chi connectivity index (χ0) is 40.9. The molecular weight excluding hydrogens is 771 g/mol. The molecule has 1 fully saturated rings. The van der Waals surface area contributed by atoms with Crippen LogP contribution in [0.25, 0.3) is 39.2 Å². The molecular formula is C42H44Cl2N6O7. The van der Waals surface area contributed by atoms with Gasteiger partial charge in [-0.15, -0.1) is 0 Å². The van der Waals surface area contributed by atoms with E-state index in [4.69, 9.17) is 42.8 Å². The van der Waals surface area contributed by atoms with Crippen molar-refractivity contribution in [1.29, 1.82) is 0 Å². The highest BCUT2D eigenvalue weighted by molar-refractivity contribution is 6.39. The molecule has 298 valence electrons. The van der Waals surface area contributed by atoms with Gasteiger partial charge in [0.25, 0.3) is 5.56 Å². The summed E-state index contributed by atoms with van der Waals surface area (Å²) in [4.78, 5) is 60.0. The quantitative estimate of drug-likeness (QED) is 0.0964. The first kappa shape index (κ1) is 41.1. The number of aromatic nitrogens is 3. The summed E-state index contributed by atoms with van der Waals surface area (Å²) in [6.07, 6.45) is 4.21. The first-order valence-corrected chi connectivity index (χ1v) is 19.3. The molecule has 1 unspecified atom stereocenters. The molecule has 4 heterocycles. The largest absolute Gasteiger partial charge is 0.481 e. The molecule has 13 nitrogen and oxygen atoms in total. The molecule has 0 aliphatic carbocycles. The number of carbonyl (C=O) groups is 3. The molecule has 0 radical (unpaired) electrons. The second-order valence-corrected chi connectivity index (χ2v) is 15.5. The highest BCUT2D eigenvalue weighted by atomic mass is 35.5. The minimum atomic E-state index is -0.862. The topological polar surface area (TPSA) is 164 Å². The van der Waals surface area contributed by atoms with Crippen molar-refractivity contribution in [3.05, 3.63) is 105 Å². The Bertz CT molecular complexity index is 2380. The van der Waals surface area contributed by atoms with Crippen LogP contribution in [0.15, 0.2) is 77.9 Å². The van der Waals surface area contributed by atoms with Gasteiger partial charge in [0, 0.05) is 77.7 Å². The van der Waals surface area contributed by atoms with Crippen LogP contribution < -0.4 is 20.9 Å². The number of nitrogens with one attached hydrogen (secondary N) is 2. The number of rotatable bonds is 14. The van der Waals surface area contributed by atoms with Crippen LogP contribution >= 0.6 is 23.2 Å². The Kier molecular flexibility index (Phi) is 12.8. The van der Waals surface area contributed by atoms with E-state index in [1.165, 1.54) is 17.7 Å². The number of pyridine rings is 2. The van der Waals surface area contributed by atoms with Crippen molar-refractivity contribution in [2.75, 3.05) is 20.2 Å². The first-order chi connectivity index (χ1) is 27.2. The highest BCUT2D eigenvalue weighted by Crippen LogP contribution is 2.42. The summed E-state index contributed by atoms with van der Waals surface area (Å²) in [7, 11) is 1.51. The Hall–Kier alpha value is -5.50. The van der Waals surface area contributed by atoms with Crippen LogP contribution in [0.3, 0.4) is 0 Å². The predicted molar refractivity (Wildman–Crippen MR) is 219 cm³/mol. The van der Waals surface area contributed by atoms with Crippen molar-refractivity contribution in [3.63, 3.8) is 0 Å². The summed E-state index contributed by atoms with van der Waals surface area (Å²) in [5.41, 5.74) is 4.62. The van der Waals surface area contributed by atoms with Crippen molar-refractivity contribution >= 4 is 46.8 Å². The molecule has 57 heavy (non-hydrogen) atoms. The lowest BCUT2D eigenvalue weighted by Crippen LogP contribution is -2.43. The predicted octanol–water partition coefficient (Wildman–Crippen LogP) is 7.38. The van der Waals surface area contributed by atoms with Crippen molar-refractivity contribution in [2.45, 2.75) is 71.2 Å². The number of carboxylic acids is 1. The van der Waals surface area contributed by atoms with Gasteiger partial charge in [-0.2, -0.15) is 0 Å². The molecule has 3 N–H and O–H groups in total. The zero-order valence-electron chi connectivity index (χ0n) is 32.1. The molecule has 1 aliphatic heterocycles. The van der Waals surface area contributed by atoms with Gasteiger partial charge in [-0.1, -0.05) is 59.6 Å². The van der Waals surface area contributed by atoms with Gasteiger partial charge < -0.3 is 30.1 Å². The molecule has 15 heteroatoms. The first-order valence-electron chi connectivity index (χ1n) is 18.5. The Morgan fingerprint density at radius 3 is 2.37 bits per heavy atom. The van der Waals surface area contributed by atoms with Crippen LogP contribution in [-0.4, -0.2) is 74.2 Å². The van der Waals surface area contributed by atoms with Gasteiger partial charge in [0.2, 0.25) is 11.8 Å². The maximum atomic E-state index is 13.3. The number of amides is 2. The van der Waals surface area contributed by atoms with Gasteiger partial charge in [0.1, 0.15) is 11.2 Å². The van der Waals surface area contributed by atoms with Crippen LogP contribution in [-0.2, 0) is 27.4 Å². The number of carbonyl (C=O) groups excluding carboxylic acids is 2. The van der Waals surface area contributed by atoms with Crippen LogP contribution in [0.2, 0.25) is 10.0 Å². The fourth-order valence-electron chi connectivity index (χ4n) is 6.62. The number of carboxylic acid groups (broad SMARTS) is 1. The molecule has 2 amide bonds. The molecule has 5 aromatic rings. The molecule has 2 aromatic carbocycles. The molecule has 0 spiro atoms. The summed E-state index contributed by atoms with van der Waals surface area (Å²) in [6, 6.07) is 18.3. The number of hydrogen-bond donors (Lipinski definition) is 3. The van der Waals surface area contributed by atoms with E-state index in [0.717, 1.165) is 5.56 Å². The summed E-state index contributed by atoms with van der Waals surface area (Å²) in [5.74, 6) is -0.600. The van der Waals surface area contributed by atoms with Gasteiger partial charge in [-0.25, -0.2) is 14.8 Å². The van der Waals surface area contributed by atoms with Crippen molar-refractivity contribution in [1.82, 2.24) is 29.9 Å². The van der Waals surface area contributed by atoms with Crippen LogP contribution in [0.1, 0.15) is 57.6 Å². The Morgan fingerprint density at radius 1 is 1.00 bits per heavy atom. The van der Waals surface area contributed by atoms with Crippen LogP contribution in [0.4, 0.5) is 4.79 Å². The minimum absolute atomic E-state index is 0.0447. The molecule has 1 atom stereocenters. The van der Waals surface area contributed by atoms with E-state index in [1.54, 1.807) is 44.0 Å². The number of aliphatic carboxylic acids is 1. The van der Waals surface area contributed by atoms with Gasteiger partial charge in [-0.3, -0.25) is 18.8 Å². The van der Waals surface area contributed by atoms with E-state index < -0.39 is 17.7 Å².